The van der Waals surface area contributed by atoms with Gasteiger partial charge in [-0.05, 0) is 77.4 Å². The molecule has 0 radical (unpaired) electrons. The Balaban J connectivity index is -0.000000760. The van der Waals surface area contributed by atoms with Crippen molar-refractivity contribution in [3.05, 3.63) is 0 Å². The fourth-order valence-corrected chi connectivity index (χ4v) is 12.8. The molecule has 0 aliphatic heterocycles. The van der Waals surface area contributed by atoms with Gasteiger partial charge < -0.3 is 78.8 Å². The zero-order valence-corrected chi connectivity index (χ0v) is 71.1. The van der Waals surface area contributed by atoms with E-state index >= 15 is 0 Å². The van der Waals surface area contributed by atoms with Gasteiger partial charge in [0, 0.05) is 98.2 Å². The molecule has 0 aromatic heterocycles. The lowest BCUT2D eigenvalue weighted by molar-refractivity contribution is -0.156. The van der Waals surface area contributed by atoms with Gasteiger partial charge in [-0.2, -0.15) is 0 Å². The molecule has 21 heteroatoms. The molecule has 0 unspecified atom stereocenters. The maximum Gasteiger partial charge on any atom is 0.252 e. The number of Topliss-reactive ketones (excluding diaryl/α,β-unsaturated/α-hetero) is 3. The average molecular weight is 1560 g/mol. The molecule has 0 aliphatic carbocycles. The number of hydrogen-bond acceptors (Lipinski definition) is 18. The summed E-state index contributed by atoms with van der Waals surface area (Å²) in [5, 5.41) is 8.38. The average Bonchev–Trinajstić information content (AvgIpc) is 0.878. The van der Waals surface area contributed by atoms with Crippen molar-refractivity contribution in [1.82, 2.24) is 16.0 Å². The first kappa shape index (κ1) is 112. The highest BCUT2D eigenvalue weighted by Crippen LogP contribution is 2.20. The first-order valence-corrected chi connectivity index (χ1v) is 45.2. The Bertz CT molecular complexity index is 1800. The van der Waals surface area contributed by atoms with E-state index < -0.39 is 36.6 Å². The first-order chi connectivity index (χ1) is 52.8. The Kier molecular flexibility index (Phi) is 94.9. The van der Waals surface area contributed by atoms with Gasteiger partial charge in [0.1, 0.15) is 0 Å². The first-order valence-electron chi connectivity index (χ1n) is 45.2. The van der Waals surface area contributed by atoms with E-state index in [0.717, 1.165) is 89.9 Å². The number of nitrogens with one attached hydrogen (secondary N) is 3. The molecule has 0 aromatic carbocycles. The van der Waals surface area contributed by atoms with Gasteiger partial charge >= 0.3 is 0 Å². The number of carbonyl (C=O) groups excluding carboxylic acids is 6. The van der Waals surface area contributed by atoms with Crippen molar-refractivity contribution < 1.29 is 57.2 Å². The lowest BCUT2D eigenvalue weighted by Crippen LogP contribution is -2.50. The highest BCUT2D eigenvalue weighted by atomic mass is 16.6. The Morgan fingerprint density at radius 2 is 0.358 bits per heavy atom. The number of hydrogen-bond donors (Lipinski definition) is 9. The lowest BCUT2D eigenvalue weighted by Gasteiger charge is -2.26. The number of carbonyl (C=O) groups is 6. The second-order valence-corrected chi connectivity index (χ2v) is 29.9. The third kappa shape index (κ3) is 73.6. The van der Waals surface area contributed by atoms with Crippen molar-refractivity contribution in [2.45, 2.75) is 432 Å². The predicted octanol–water partition coefficient (Wildman–Crippen LogP) is 16.9. The third-order valence-electron chi connectivity index (χ3n) is 19.5. The highest BCUT2D eigenvalue weighted by Gasteiger charge is 2.38. The maximum absolute atomic E-state index is 13.1. The lowest BCUT2D eigenvalue weighted by atomic mass is 10.0. The third-order valence-corrected chi connectivity index (χ3v) is 19.5. The van der Waals surface area contributed by atoms with E-state index in [0.29, 0.717) is 137 Å². The van der Waals surface area contributed by atoms with E-state index in [2.05, 4.69) is 57.5 Å². The summed E-state index contributed by atoms with van der Waals surface area (Å²) in [6.07, 6.45) is 54.3. The molecule has 109 heavy (non-hydrogen) atoms. The molecule has 0 bridgehead atoms. The number of rotatable bonds is 84. The van der Waals surface area contributed by atoms with Crippen LogP contribution in [-0.4, -0.2) is 170 Å². The zero-order chi connectivity index (χ0) is 80.1. The van der Waals surface area contributed by atoms with E-state index in [1.165, 1.54) is 218 Å². The van der Waals surface area contributed by atoms with E-state index in [4.69, 9.17) is 62.8 Å². The fourth-order valence-electron chi connectivity index (χ4n) is 12.8. The van der Waals surface area contributed by atoms with Crippen LogP contribution in [0.4, 0.5) is 0 Å². The summed E-state index contributed by atoms with van der Waals surface area (Å²) in [6, 6.07) is 0. The molecule has 0 saturated carbocycles. The van der Waals surface area contributed by atoms with Crippen molar-refractivity contribution in [2.24, 2.45) is 34.4 Å². The van der Waals surface area contributed by atoms with Crippen LogP contribution in [0.5, 0.6) is 0 Å². The standard InChI is InChI=1S/C33H67N3O4.C29H59N3O4.C25H51N3O4.CH4/c1-3-5-7-9-11-13-15-17-19-21-28-39-31(30(37)24-23-25-34)32(33(38)36-27-26-35)40-29-22-20-18-16-14-12-10-8-6-4-2;1-3-5-7-9-11-13-15-17-24-35-27(26(33)20-19-21-30)28(29(34)32-23-22-31)36-25-18-16-14-12-10-8-6-4-2;1-3-5-7-9-11-13-20-31-23(22(29)16-15-17-26)24(25(30)28-19-18-27)32-21-14-12-10-8-6-4-2;/h31-32H,3-29,34-35H2,1-2H3,(H,36,38);27-28H,3-25,30-31H2,1-2H3,(H,32,34);23-24H,3-21,26-27H2,1-2H3,(H,28,30);1H4/t31-,32+;27-,28+;23-,24+;/m000./s1. The Hall–Kier alpha value is -3.06. The number of ketones is 3. The second-order valence-electron chi connectivity index (χ2n) is 29.9. The van der Waals surface area contributed by atoms with Gasteiger partial charge in [0.15, 0.2) is 54.0 Å². The maximum atomic E-state index is 13.1. The molecule has 0 aromatic rings. The minimum absolute atomic E-state index is 0. The topological polar surface area (TPSA) is 350 Å². The van der Waals surface area contributed by atoms with E-state index in [1.54, 1.807) is 0 Å². The van der Waals surface area contributed by atoms with Gasteiger partial charge in [-0.1, -0.05) is 319 Å². The number of ether oxygens (including phenoxy) is 6. The van der Waals surface area contributed by atoms with Crippen molar-refractivity contribution in [3.63, 3.8) is 0 Å². The van der Waals surface area contributed by atoms with Crippen molar-refractivity contribution in [1.29, 1.82) is 0 Å². The van der Waals surface area contributed by atoms with E-state index in [1.807, 2.05) is 0 Å². The van der Waals surface area contributed by atoms with Crippen molar-refractivity contribution in [2.75, 3.05) is 98.5 Å². The Morgan fingerprint density at radius 3 is 0.505 bits per heavy atom. The Morgan fingerprint density at radius 1 is 0.211 bits per heavy atom. The van der Waals surface area contributed by atoms with Crippen molar-refractivity contribution in [3.8, 4) is 0 Å². The summed E-state index contributed by atoms with van der Waals surface area (Å²) in [6.45, 7) is 19.4. The Labute approximate surface area is 670 Å². The van der Waals surface area contributed by atoms with E-state index in [-0.39, 0.29) is 42.5 Å². The molecule has 0 spiro atoms. The van der Waals surface area contributed by atoms with Crippen LogP contribution in [0.15, 0.2) is 0 Å². The van der Waals surface area contributed by atoms with Gasteiger partial charge in [0.05, 0.1) is 0 Å². The monoisotopic (exact) mass is 1560 g/mol. The summed E-state index contributed by atoms with van der Waals surface area (Å²) >= 11 is 0. The molecule has 650 valence electrons. The minimum Gasteiger partial charge on any atom is -0.367 e. The van der Waals surface area contributed by atoms with Crippen LogP contribution < -0.4 is 50.4 Å². The predicted molar refractivity (Wildman–Crippen MR) is 457 cm³/mol. The SMILES string of the molecule is C.CCCCCCCCCCCCO[C@@H](C(=O)CCCN)[C@@H](OCCCCCCCCCCCC)C(=O)NCCN.CCCCCCCCCCO[C@@H](C(=O)CCCN)[C@@H](OCCCCCCCCCC)C(=O)NCCN.CCCCCCCCO[C@@H](C(=O)CCCN)[C@@H](OCCCCCCCC)C(=O)NCCN. The second kappa shape index (κ2) is 92.1. The summed E-state index contributed by atoms with van der Waals surface area (Å²) in [7, 11) is 0. The molecule has 0 heterocycles. The summed E-state index contributed by atoms with van der Waals surface area (Å²) in [5.74, 6) is -1.28. The molecule has 0 rings (SSSR count). The van der Waals surface area contributed by atoms with Crippen LogP contribution in [0.25, 0.3) is 0 Å². The van der Waals surface area contributed by atoms with Gasteiger partial charge in [-0.3, -0.25) is 28.8 Å². The van der Waals surface area contributed by atoms with Gasteiger partial charge in [0.2, 0.25) is 0 Å². The number of amides is 3. The quantitative estimate of drug-likeness (QED) is 0.0255. The van der Waals surface area contributed by atoms with E-state index in [9.17, 15) is 28.8 Å². The van der Waals surface area contributed by atoms with Crippen LogP contribution in [0.1, 0.15) is 396 Å². The molecule has 3 amide bonds. The van der Waals surface area contributed by atoms with Crippen LogP contribution in [0, 0.1) is 0 Å². The molecule has 0 aliphatic rings. The van der Waals surface area contributed by atoms with Crippen LogP contribution in [-0.2, 0) is 57.2 Å². The van der Waals surface area contributed by atoms with Crippen molar-refractivity contribution >= 4 is 35.1 Å². The van der Waals surface area contributed by atoms with Gasteiger partial charge in [-0.15, -0.1) is 0 Å². The van der Waals surface area contributed by atoms with Gasteiger partial charge in [-0.25, -0.2) is 0 Å². The molecule has 0 fully saturated rings. The zero-order valence-electron chi connectivity index (χ0n) is 71.1. The van der Waals surface area contributed by atoms with Crippen LogP contribution >= 0.6 is 0 Å². The number of unbranched alkanes of at least 4 members (excludes halogenated alkanes) is 42. The molecule has 0 saturated heterocycles. The fraction of sp³-hybridized carbons (Fsp3) is 0.932. The largest absolute Gasteiger partial charge is 0.367 e. The summed E-state index contributed by atoms with van der Waals surface area (Å²) in [4.78, 5) is 77.6. The normalized spacial score (nSPS) is 12.9. The number of nitrogens with two attached hydrogens (primary N) is 6. The van der Waals surface area contributed by atoms with Crippen LogP contribution in [0.3, 0.4) is 0 Å². The smallest absolute Gasteiger partial charge is 0.252 e. The highest BCUT2D eigenvalue weighted by molar-refractivity contribution is 5.93. The molecular weight excluding hydrogens is 1380 g/mol. The molecule has 21 nitrogen and oxygen atoms in total. The summed E-state index contributed by atoms with van der Waals surface area (Å²) < 4.78 is 36.1. The molecular formula is C88H181N9O12. The molecule has 15 N–H and O–H groups in total. The molecule has 6 atom stereocenters. The summed E-state index contributed by atoms with van der Waals surface area (Å²) in [5.41, 5.74) is 33.6. The van der Waals surface area contributed by atoms with Crippen LogP contribution in [0.2, 0.25) is 0 Å². The minimum atomic E-state index is -0.946. The van der Waals surface area contributed by atoms with Gasteiger partial charge in [0.25, 0.3) is 17.7 Å².